The van der Waals surface area contributed by atoms with Crippen LogP contribution in [0.3, 0.4) is 0 Å². The summed E-state index contributed by atoms with van der Waals surface area (Å²) in [5.41, 5.74) is 0. The molecule has 2 nitrogen and oxygen atoms in total. The number of aliphatic hydroxyl groups excluding tert-OH is 1. The van der Waals surface area contributed by atoms with E-state index in [0.717, 1.165) is 0 Å². The lowest BCUT2D eigenvalue weighted by molar-refractivity contribution is 0.212. The van der Waals surface area contributed by atoms with Gasteiger partial charge >= 0.3 is 0 Å². The third-order valence-electron chi connectivity index (χ3n) is 0.348. The third-order valence-corrected chi connectivity index (χ3v) is 0.348. The smallest absolute Gasteiger partial charge is 0.239 e. The van der Waals surface area contributed by atoms with Crippen molar-refractivity contribution in [3.05, 3.63) is 11.4 Å². The van der Waals surface area contributed by atoms with Gasteiger partial charge in [-0.3, -0.25) is 0 Å². The second kappa shape index (κ2) is 2.67. The van der Waals surface area contributed by atoms with Crippen LogP contribution in [0.25, 0.3) is 4.85 Å². The summed E-state index contributed by atoms with van der Waals surface area (Å²) in [5, 5.41) is 4.03. The van der Waals surface area contributed by atoms with E-state index in [9.17, 15) is 0 Å². The minimum Gasteiger partial charge on any atom is -0.386 e. The summed E-state index contributed by atoms with van der Waals surface area (Å²) >= 11 is 0. The van der Waals surface area contributed by atoms with Gasteiger partial charge in [0.1, 0.15) is 6.10 Å². The van der Waals surface area contributed by atoms with Crippen molar-refractivity contribution in [2.24, 2.45) is 0 Å². The molecular weight excluding hydrogens is 78.0 g/mol. The summed E-state index contributed by atoms with van der Waals surface area (Å²) in [7, 11) is 0. The SMILES string of the molecule is [3H]OC(C)C[N+]#[C-]. The lowest BCUT2D eigenvalue weighted by Crippen LogP contribution is -2.00. The fourth-order valence-electron chi connectivity index (χ4n) is 0.129. The first-order valence-electron chi connectivity index (χ1n) is 2.17. The Balaban J connectivity index is 3.03. The van der Waals surface area contributed by atoms with Gasteiger partial charge in [-0.1, -0.05) is 0 Å². The van der Waals surface area contributed by atoms with Crippen molar-refractivity contribution in [3.63, 3.8) is 0 Å². The van der Waals surface area contributed by atoms with Crippen LogP contribution in [0.1, 0.15) is 6.92 Å². The molecule has 34 valence electrons. The summed E-state index contributed by atoms with van der Waals surface area (Å²) in [6.07, 6.45) is -0.238. The molecule has 0 aliphatic rings. The van der Waals surface area contributed by atoms with E-state index in [4.69, 9.17) is 8.00 Å². The number of nitrogens with zero attached hydrogens (tertiary/aromatic N) is 1. The van der Waals surface area contributed by atoms with Crippen LogP contribution < -0.4 is 0 Å². The number of hydrogen-bond acceptors (Lipinski definition) is 1. The van der Waals surface area contributed by atoms with Gasteiger partial charge in [-0.05, 0) is 6.92 Å². The highest BCUT2D eigenvalue weighted by Crippen LogP contribution is 1.76. The van der Waals surface area contributed by atoms with E-state index in [1.807, 2.05) is 0 Å². The van der Waals surface area contributed by atoms with Crippen LogP contribution in [0.4, 0.5) is 0 Å². The lowest BCUT2D eigenvalue weighted by Gasteiger charge is -1.85. The van der Waals surface area contributed by atoms with E-state index in [-0.39, 0.29) is 12.6 Å². The molecule has 1 unspecified atom stereocenters. The van der Waals surface area contributed by atoms with Crippen LogP contribution in [-0.2, 0) is 0 Å². The van der Waals surface area contributed by atoms with Crippen molar-refractivity contribution in [2.75, 3.05) is 6.54 Å². The van der Waals surface area contributed by atoms with Gasteiger partial charge in [0.05, 0.1) is 0 Å². The molecule has 0 aromatic carbocycles. The van der Waals surface area contributed by atoms with Crippen molar-refractivity contribution in [2.45, 2.75) is 13.0 Å². The fraction of sp³-hybridized carbons (Fsp3) is 0.750. The predicted octanol–water partition coefficient (Wildman–Crippen LogP) is 0.286. The van der Waals surface area contributed by atoms with Gasteiger partial charge in [0.2, 0.25) is 7.98 Å². The van der Waals surface area contributed by atoms with E-state index < -0.39 is 0 Å². The van der Waals surface area contributed by atoms with Crippen LogP contribution in [0.15, 0.2) is 0 Å². The minimum atomic E-state index is -0.238. The molecule has 0 radical (unpaired) electrons. The Morgan fingerprint density at radius 3 is 3.17 bits per heavy atom. The molecule has 6 heavy (non-hydrogen) atoms. The monoisotopic (exact) mass is 87.1 g/mol. The van der Waals surface area contributed by atoms with E-state index in [2.05, 4.69) is 9.95 Å². The summed E-state index contributed by atoms with van der Waals surface area (Å²) in [5.74, 6) is 0. The highest BCUT2D eigenvalue weighted by atomic mass is 16.3. The highest BCUT2D eigenvalue weighted by molar-refractivity contribution is 4.62. The first-order chi connectivity index (χ1) is 3.31. The van der Waals surface area contributed by atoms with Crippen LogP contribution in [-0.4, -0.2) is 19.2 Å². The van der Waals surface area contributed by atoms with Gasteiger partial charge < -0.3 is 9.95 Å². The summed E-state index contributed by atoms with van der Waals surface area (Å²) in [6.45, 7) is 8.26. The van der Waals surface area contributed by atoms with Crippen molar-refractivity contribution in [1.29, 1.82) is 1.43 Å². The molecule has 0 saturated heterocycles. The minimum absolute atomic E-state index is 0.238. The first kappa shape index (κ1) is 3.63. The van der Waals surface area contributed by atoms with E-state index in [0.29, 0.717) is 0 Å². The molecule has 0 aromatic rings. The molecule has 0 rings (SSSR count). The van der Waals surface area contributed by atoms with Gasteiger partial charge in [0, 0.05) is 0 Å². The Morgan fingerprint density at radius 1 is 2.33 bits per heavy atom. The number of rotatable bonds is 2. The van der Waals surface area contributed by atoms with Gasteiger partial charge in [-0.25, -0.2) is 6.57 Å². The van der Waals surface area contributed by atoms with Crippen LogP contribution in [0, 0.1) is 6.57 Å². The number of aliphatic hydroxyl groups is 1. The van der Waals surface area contributed by atoms with E-state index in [1.165, 1.54) is 0 Å². The van der Waals surface area contributed by atoms with Gasteiger partial charge in [0.25, 0.3) is 0 Å². The van der Waals surface area contributed by atoms with Crippen molar-refractivity contribution >= 4 is 0 Å². The first-order valence-corrected chi connectivity index (χ1v) is 1.76. The lowest BCUT2D eigenvalue weighted by atomic mass is 10.4. The molecule has 0 fully saturated rings. The van der Waals surface area contributed by atoms with Gasteiger partial charge in [-0.2, -0.15) is 0 Å². The molecule has 0 aromatic heterocycles. The predicted molar refractivity (Wildman–Crippen MR) is 23.1 cm³/mol. The van der Waals surface area contributed by atoms with Crippen molar-refractivity contribution in [1.82, 2.24) is 0 Å². The maximum Gasteiger partial charge on any atom is 0.239 e. The molecule has 0 heterocycles. The largest absolute Gasteiger partial charge is 0.386 e. The normalized spacial score (nSPS) is 15.0. The van der Waals surface area contributed by atoms with Gasteiger partial charge in [-0.15, -0.1) is 0 Å². The quantitative estimate of drug-likeness (QED) is 0.481. The average Bonchev–Trinajstić information content (AvgIpc) is 1.68. The zero-order valence-corrected chi connectivity index (χ0v) is 3.64. The maximum atomic E-state index is 6.30. The molecule has 0 bridgehead atoms. The van der Waals surface area contributed by atoms with Gasteiger partial charge in [0.15, 0.2) is 0 Å². The molecular formula is C4H7NO. The second-order valence-electron chi connectivity index (χ2n) is 1.15. The molecule has 0 saturated carbocycles. The third kappa shape index (κ3) is 3.45. The topological polar surface area (TPSA) is 24.6 Å². The Morgan fingerprint density at radius 2 is 3.00 bits per heavy atom. The molecule has 0 spiro atoms. The Hall–Kier alpha value is -0.550. The summed E-state index contributed by atoms with van der Waals surface area (Å²) < 4.78 is 6.27. The van der Waals surface area contributed by atoms with Crippen LogP contribution in [0.5, 0.6) is 0 Å². The Kier molecular flexibility index (Phi) is 1.62. The summed E-state index contributed by atoms with van der Waals surface area (Å²) in [4.78, 5) is 3.01. The molecule has 1 atom stereocenters. The molecule has 0 aliphatic heterocycles. The number of hydrogen-bond donors (Lipinski definition) is 1. The van der Waals surface area contributed by atoms with Crippen LogP contribution in [0.2, 0.25) is 0 Å². The highest BCUT2D eigenvalue weighted by Gasteiger charge is 1.91. The molecule has 1 N–H and O–H groups in total. The molecule has 0 amide bonds. The van der Waals surface area contributed by atoms with Crippen molar-refractivity contribution < 1.29 is 5.11 Å². The Labute approximate surface area is 38.7 Å². The van der Waals surface area contributed by atoms with E-state index >= 15 is 0 Å². The molecule has 0 aliphatic carbocycles. The van der Waals surface area contributed by atoms with Crippen LogP contribution >= 0.6 is 0 Å². The fourth-order valence-corrected chi connectivity index (χ4v) is 0.129. The zero-order chi connectivity index (χ0) is 5.70. The maximum absolute atomic E-state index is 6.30. The van der Waals surface area contributed by atoms with Crippen molar-refractivity contribution in [3.8, 4) is 0 Å². The summed E-state index contributed by atoms with van der Waals surface area (Å²) in [6, 6.07) is 0. The average molecular weight is 87.1 g/mol. The van der Waals surface area contributed by atoms with E-state index in [1.54, 1.807) is 6.92 Å². The zero-order valence-electron chi connectivity index (χ0n) is 4.64. The molecule has 2 heteroatoms. The Bertz CT molecular complexity index is 78.2. The second-order valence-corrected chi connectivity index (χ2v) is 1.15. The standard InChI is InChI=1S/C4H7NO/c1-4(6)3-5-2/h4,6H,3H2,1H3/i6T.